The standard InChI is InChI=1S/C21H38N6/c1-5-7-8-18(6-2)15-24-21(22-3)25-17-19-9-10-20(23-16-19)27-13-11-26(4)12-14-27/h9-10,16,18H,5-8,11-15,17H2,1-4H3,(H2,22,24,25). The average molecular weight is 375 g/mol. The molecule has 152 valence electrons. The van der Waals surface area contributed by atoms with Gasteiger partial charge in [0.2, 0.25) is 0 Å². The number of unbranched alkanes of at least 4 members (excludes halogenated alkanes) is 1. The lowest BCUT2D eigenvalue weighted by atomic mass is 9.99. The number of guanidine groups is 1. The highest BCUT2D eigenvalue weighted by molar-refractivity contribution is 5.79. The lowest BCUT2D eigenvalue weighted by Gasteiger charge is -2.33. The van der Waals surface area contributed by atoms with Gasteiger partial charge in [-0.2, -0.15) is 0 Å². The van der Waals surface area contributed by atoms with E-state index >= 15 is 0 Å². The molecule has 0 aromatic carbocycles. The molecule has 27 heavy (non-hydrogen) atoms. The Kier molecular flexibility index (Phi) is 9.39. The third kappa shape index (κ3) is 7.37. The summed E-state index contributed by atoms with van der Waals surface area (Å²) >= 11 is 0. The number of piperazine rings is 1. The van der Waals surface area contributed by atoms with Crippen molar-refractivity contribution in [2.45, 2.75) is 46.1 Å². The second-order valence-corrected chi connectivity index (χ2v) is 7.54. The molecule has 1 fully saturated rings. The summed E-state index contributed by atoms with van der Waals surface area (Å²) in [4.78, 5) is 13.7. The Balaban J connectivity index is 1.77. The predicted molar refractivity (Wildman–Crippen MR) is 115 cm³/mol. The summed E-state index contributed by atoms with van der Waals surface area (Å²) in [5.74, 6) is 2.66. The smallest absolute Gasteiger partial charge is 0.191 e. The Morgan fingerprint density at radius 1 is 1.19 bits per heavy atom. The maximum absolute atomic E-state index is 4.66. The van der Waals surface area contributed by atoms with E-state index in [9.17, 15) is 0 Å². The first-order valence-electron chi connectivity index (χ1n) is 10.5. The number of aromatic nitrogens is 1. The van der Waals surface area contributed by atoms with Crippen LogP contribution in [0, 0.1) is 5.92 Å². The summed E-state index contributed by atoms with van der Waals surface area (Å²) in [5, 5.41) is 6.88. The van der Waals surface area contributed by atoms with Gasteiger partial charge in [0.15, 0.2) is 5.96 Å². The zero-order valence-electron chi connectivity index (χ0n) is 17.7. The van der Waals surface area contributed by atoms with Crippen molar-refractivity contribution in [3.63, 3.8) is 0 Å². The first-order chi connectivity index (χ1) is 13.2. The Labute approximate surface area is 165 Å². The molecule has 6 nitrogen and oxygen atoms in total. The van der Waals surface area contributed by atoms with Gasteiger partial charge in [-0.1, -0.05) is 39.2 Å². The van der Waals surface area contributed by atoms with Crippen LogP contribution in [0.4, 0.5) is 5.82 Å². The highest BCUT2D eigenvalue weighted by atomic mass is 15.3. The largest absolute Gasteiger partial charge is 0.356 e. The van der Waals surface area contributed by atoms with Crippen LogP contribution >= 0.6 is 0 Å². The number of rotatable bonds is 9. The molecule has 1 aliphatic heterocycles. The molecule has 0 saturated carbocycles. The van der Waals surface area contributed by atoms with Crippen molar-refractivity contribution < 1.29 is 0 Å². The van der Waals surface area contributed by atoms with E-state index in [2.05, 4.69) is 63.4 Å². The van der Waals surface area contributed by atoms with Crippen LogP contribution < -0.4 is 15.5 Å². The van der Waals surface area contributed by atoms with Crippen LogP contribution in [0.25, 0.3) is 0 Å². The van der Waals surface area contributed by atoms with Gasteiger partial charge in [-0.25, -0.2) is 4.98 Å². The number of nitrogens with zero attached hydrogens (tertiary/aromatic N) is 4. The summed E-state index contributed by atoms with van der Waals surface area (Å²) in [6.45, 7) is 10.5. The second-order valence-electron chi connectivity index (χ2n) is 7.54. The molecule has 0 spiro atoms. The minimum atomic E-state index is 0.716. The van der Waals surface area contributed by atoms with Gasteiger partial charge < -0.3 is 20.4 Å². The fourth-order valence-electron chi connectivity index (χ4n) is 3.33. The van der Waals surface area contributed by atoms with Gasteiger partial charge in [-0.15, -0.1) is 0 Å². The molecule has 2 N–H and O–H groups in total. The van der Waals surface area contributed by atoms with Crippen molar-refractivity contribution in [3.8, 4) is 0 Å². The highest BCUT2D eigenvalue weighted by Crippen LogP contribution is 2.14. The van der Waals surface area contributed by atoms with Gasteiger partial charge in [0.05, 0.1) is 0 Å². The molecule has 1 saturated heterocycles. The summed E-state index contributed by atoms with van der Waals surface area (Å²) < 4.78 is 0. The van der Waals surface area contributed by atoms with Gasteiger partial charge in [0.25, 0.3) is 0 Å². The summed E-state index contributed by atoms with van der Waals surface area (Å²) in [7, 11) is 4.00. The number of hydrogen-bond acceptors (Lipinski definition) is 4. The lowest BCUT2D eigenvalue weighted by Crippen LogP contribution is -2.44. The maximum Gasteiger partial charge on any atom is 0.191 e. The Morgan fingerprint density at radius 2 is 1.96 bits per heavy atom. The van der Waals surface area contributed by atoms with E-state index in [-0.39, 0.29) is 0 Å². The van der Waals surface area contributed by atoms with E-state index in [1.165, 1.54) is 31.2 Å². The summed E-state index contributed by atoms with van der Waals surface area (Å²) in [6, 6.07) is 4.30. The minimum Gasteiger partial charge on any atom is -0.356 e. The van der Waals surface area contributed by atoms with Crippen molar-refractivity contribution in [2.75, 3.05) is 51.7 Å². The van der Waals surface area contributed by atoms with Crippen LogP contribution in [0.2, 0.25) is 0 Å². The Morgan fingerprint density at radius 3 is 2.56 bits per heavy atom. The molecule has 1 atom stereocenters. The monoisotopic (exact) mass is 374 g/mol. The van der Waals surface area contributed by atoms with E-state index in [0.29, 0.717) is 5.92 Å². The van der Waals surface area contributed by atoms with E-state index in [4.69, 9.17) is 0 Å². The van der Waals surface area contributed by atoms with Crippen LogP contribution in [0.15, 0.2) is 23.3 Å². The zero-order chi connectivity index (χ0) is 19.5. The number of pyridine rings is 1. The molecule has 1 aromatic heterocycles. The van der Waals surface area contributed by atoms with Gasteiger partial charge in [0, 0.05) is 52.5 Å². The van der Waals surface area contributed by atoms with Crippen molar-refractivity contribution in [1.82, 2.24) is 20.5 Å². The first kappa shape index (κ1) is 21.5. The van der Waals surface area contributed by atoms with Gasteiger partial charge in [-0.3, -0.25) is 4.99 Å². The molecule has 2 rings (SSSR count). The van der Waals surface area contributed by atoms with Crippen molar-refractivity contribution >= 4 is 11.8 Å². The van der Waals surface area contributed by atoms with E-state index in [1.54, 1.807) is 0 Å². The van der Waals surface area contributed by atoms with Gasteiger partial charge in [-0.05, 0) is 31.0 Å². The summed E-state index contributed by atoms with van der Waals surface area (Å²) in [5.41, 5.74) is 1.17. The van der Waals surface area contributed by atoms with Crippen LogP contribution in [0.5, 0.6) is 0 Å². The lowest BCUT2D eigenvalue weighted by molar-refractivity contribution is 0.312. The van der Waals surface area contributed by atoms with Crippen molar-refractivity contribution in [3.05, 3.63) is 23.9 Å². The topological polar surface area (TPSA) is 55.8 Å². The average Bonchev–Trinajstić information content (AvgIpc) is 2.71. The third-order valence-corrected chi connectivity index (χ3v) is 5.42. The molecule has 0 aliphatic carbocycles. The molecular formula is C21H38N6. The van der Waals surface area contributed by atoms with Crippen LogP contribution in [-0.4, -0.2) is 62.7 Å². The molecule has 0 radical (unpaired) electrons. The third-order valence-electron chi connectivity index (χ3n) is 5.42. The molecule has 1 aromatic rings. The molecule has 0 bridgehead atoms. The number of nitrogens with one attached hydrogen (secondary N) is 2. The Bertz CT molecular complexity index is 548. The molecular weight excluding hydrogens is 336 g/mol. The number of likely N-dealkylation sites (N-methyl/N-ethyl adjacent to an activating group) is 1. The highest BCUT2D eigenvalue weighted by Gasteiger charge is 2.15. The van der Waals surface area contributed by atoms with Crippen LogP contribution in [0.1, 0.15) is 45.1 Å². The van der Waals surface area contributed by atoms with Crippen molar-refractivity contribution in [2.24, 2.45) is 10.9 Å². The number of hydrogen-bond donors (Lipinski definition) is 2. The fraction of sp³-hybridized carbons (Fsp3) is 0.714. The van der Waals surface area contributed by atoms with Gasteiger partial charge >= 0.3 is 0 Å². The van der Waals surface area contributed by atoms with Crippen LogP contribution in [0.3, 0.4) is 0 Å². The fourth-order valence-corrected chi connectivity index (χ4v) is 3.33. The van der Waals surface area contributed by atoms with E-state index in [0.717, 1.165) is 51.0 Å². The minimum absolute atomic E-state index is 0.716. The SMILES string of the molecule is CCCCC(CC)CNC(=NC)NCc1ccc(N2CCN(C)CC2)nc1. The molecule has 1 aliphatic rings. The van der Waals surface area contributed by atoms with Gasteiger partial charge in [0.1, 0.15) is 5.82 Å². The predicted octanol–water partition coefficient (Wildman–Crippen LogP) is 2.71. The number of anilines is 1. The van der Waals surface area contributed by atoms with E-state index < -0.39 is 0 Å². The van der Waals surface area contributed by atoms with E-state index in [1.807, 2.05) is 13.2 Å². The quantitative estimate of drug-likeness (QED) is 0.514. The Hall–Kier alpha value is -1.82. The normalized spacial score (nSPS) is 17.0. The number of aliphatic imine (C=N–C) groups is 1. The maximum atomic E-state index is 4.66. The molecule has 0 amide bonds. The molecule has 2 heterocycles. The zero-order valence-corrected chi connectivity index (χ0v) is 17.7. The van der Waals surface area contributed by atoms with Crippen LogP contribution in [-0.2, 0) is 6.54 Å². The first-order valence-corrected chi connectivity index (χ1v) is 10.5. The second kappa shape index (κ2) is 11.8. The molecule has 6 heteroatoms. The molecule has 1 unspecified atom stereocenters. The summed E-state index contributed by atoms with van der Waals surface area (Å²) in [6.07, 6.45) is 7.04. The van der Waals surface area contributed by atoms with Crippen molar-refractivity contribution in [1.29, 1.82) is 0 Å².